The number of nitrogens with one attached hydrogen (secondary N) is 1. The van der Waals surface area contributed by atoms with Gasteiger partial charge in [-0.2, -0.15) is 0 Å². The van der Waals surface area contributed by atoms with E-state index in [1.54, 1.807) is 0 Å². The summed E-state index contributed by atoms with van der Waals surface area (Å²) in [5.41, 5.74) is 9.73. The van der Waals surface area contributed by atoms with Crippen LogP contribution in [0.3, 0.4) is 0 Å². The molecule has 12 nitrogen and oxygen atoms in total. The molecule has 0 bridgehead atoms. The van der Waals surface area contributed by atoms with E-state index in [0.717, 1.165) is 22.8 Å². The van der Waals surface area contributed by atoms with Crippen molar-refractivity contribution in [2.45, 2.75) is 44.2 Å². The van der Waals surface area contributed by atoms with Gasteiger partial charge >= 0.3 is 19.4 Å². The highest BCUT2D eigenvalue weighted by Gasteiger charge is 2.36. The van der Waals surface area contributed by atoms with Gasteiger partial charge in [-0.05, 0) is 18.6 Å². The second kappa shape index (κ2) is 9.35. The summed E-state index contributed by atoms with van der Waals surface area (Å²) in [5, 5.41) is 10.4. The lowest BCUT2D eigenvalue weighted by Crippen LogP contribution is -2.31. The molecule has 3 rings (SSSR count). The first-order valence-electron chi connectivity index (χ1n) is 9.46. The Morgan fingerprint density at radius 1 is 1.44 bits per heavy atom. The number of aliphatic hydroxyl groups excluding tert-OH is 1. The number of rotatable bonds is 7. The molecule has 1 aromatic carbocycles. The van der Waals surface area contributed by atoms with Crippen LogP contribution >= 0.6 is 7.75 Å². The van der Waals surface area contributed by atoms with Crippen LogP contribution in [-0.4, -0.2) is 38.9 Å². The maximum Gasteiger partial charge on any atom is 0.512 e. The van der Waals surface area contributed by atoms with Gasteiger partial charge in [-0.15, -0.1) is 0 Å². The fourth-order valence-corrected chi connectivity index (χ4v) is 3.99. The van der Waals surface area contributed by atoms with Crippen LogP contribution in [0.5, 0.6) is 5.75 Å². The largest absolute Gasteiger partial charge is 0.512 e. The van der Waals surface area contributed by atoms with Gasteiger partial charge in [0.2, 0.25) is 0 Å². The van der Waals surface area contributed by atoms with Gasteiger partial charge in [-0.3, -0.25) is 14.3 Å². The van der Waals surface area contributed by atoms with E-state index in [9.17, 15) is 28.4 Å². The average Bonchev–Trinajstić information content (AvgIpc) is 3.03. The number of carbonyl (C=O) groups is 1. The predicted octanol–water partition coefficient (Wildman–Crippen LogP) is -0.0972. The third kappa shape index (κ3) is 5.69. The van der Waals surface area contributed by atoms with Crippen LogP contribution in [0.15, 0.2) is 40.1 Å². The third-order valence-corrected chi connectivity index (χ3v) is 5.52. The number of aromatic amines is 1. The van der Waals surface area contributed by atoms with E-state index in [4.69, 9.17) is 20.5 Å². The molecule has 174 valence electrons. The van der Waals surface area contributed by atoms with Gasteiger partial charge < -0.3 is 24.6 Å². The lowest BCUT2D eigenvalue weighted by atomic mass is 10.0. The Morgan fingerprint density at radius 3 is 2.81 bits per heavy atom. The molecular weight excluding hydrogens is 450 g/mol. The summed E-state index contributed by atoms with van der Waals surface area (Å²) < 4.78 is 42.6. The van der Waals surface area contributed by atoms with Crippen LogP contribution in [0.2, 0.25) is 0 Å². The predicted molar refractivity (Wildman–Crippen MR) is 108 cm³/mol. The molecule has 0 spiro atoms. The number of aliphatic hydroxyl groups is 1. The first-order valence-corrected chi connectivity index (χ1v) is 11.1. The summed E-state index contributed by atoms with van der Waals surface area (Å²) in [6.07, 6.45) is -1.53. The average molecular weight is 472 g/mol. The molecule has 0 amide bonds. The SMILES string of the molecule is C[C@H](N)C(=O)OP(N)(=O)Oc1cc(F)ccc1C[C@H]1O[C@@H](n2ccc(=O)[nH]c2=O)C[C@@H]1O. The van der Waals surface area contributed by atoms with Crippen molar-refractivity contribution < 1.29 is 32.6 Å². The number of carbonyl (C=O) groups excluding carboxylic acids is 1. The molecule has 1 aromatic heterocycles. The van der Waals surface area contributed by atoms with Gasteiger partial charge in [0, 0.05) is 31.2 Å². The van der Waals surface area contributed by atoms with Crippen LogP contribution in [0.1, 0.15) is 25.1 Å². The van der Waals surface area contributed by atoms with Crippen LogP contribution < -0.4 is 27.0 Å². The molecule has 32 heavy (non-hydrogen) atoms. The zero-order chi connectivity index (χ0) is 23.6. The molecule has 1 aliphatic rings. The molecule has 14 heteroatoms. The number of benzene rings is 1. The fraction of sp³-hybridized carbons (Fsp3) is 0.389. The Kier molecular flexibility index (Phi) is 6.96. The lowest BCUT2D eigenvalue weighted by molar-refractivity contribution is -0.135. The minimum absolute atomic E-state index is 0.0371. The highest BCUT2D eigenvalue weighted by Crippen LogP contribution is 2.43. The molecule has 1 unspecified atom stereocenters. The summed E-state index contributed by atoms with van der Waals surface area (Å²) in [4.78, 5) is 36.9. The number of H-pyrrole nitrogens is 1. The minimum Gasteiger partial charge on any atom is -0.404 e. The molecule has 0 saturated carbocycles. The standard InChI is InChI=1S/C18H22FN4O8P/c1-9(20)17(26)31-32(21,28)30-13-7-11(19)3-2-10(13)6-14-12(24)8-16(29-14)23-5-4-15(25)22-18(23)27/h2-5,7,9,12,14,16,24H,6,8,20H2,1H3,(H2,21,28)(H,22,25,27)/t9-,12-,14+,16+,32?/m0/s1. The second-order valence-corrected chi connectivity index (χ2v) is 8.68. The molecule has 1 fully saturated rings. The normalized spacial score (nSPS) is 23.3. The zero-order valence-electron chi connectivity index (χ0n) is 16.8. The number of hydrogen-bond donors (Lipinski definition) is 4. The van der Waals surface area contributed by atoms with E-state index >= 15 is 0 Å². The zero-order valence-corrected chi connectivity index (χ0v) is 17.7. The number of ether oxygens (including phenoxy) is 1. The molecular formula is C18H22FN4O8P. The Morgan fingerprint density at radius 2 is 2.16 bits per heavy atom. The molecule has 2 heterocycles. The van der Waals surface area contributed by atoms with Gasteiger partial charge in [-0.1, -0.05) is 6.07 Å². The number of nitrogens with zero attached hydrogens (tertiary/aromatic N) is 1. The first kappa shape index (κ1) is 23.8. The van der Waals surface area contributed by atoms with Gasteiger partial charge in [0.05, 0.1) is 12.2 Å². The van der Waals surface area contributed by atoms with Gasteiger partial charge in [-0.25, -0.2) is 24.0 Å². The number of hydrogen-bond acceptors (Lipinski definition) is 9. The second-order valence-electron chi connectivity index (χ2n) is 7.24. The van der Waals surface area contributed by atoms with Crippen LogP contribution in [0, 0.1) is 5.82 Å². The Balaban J connectivity index is 1.79. The Labute approximate surface area is 180 Å². The summed E-state index contributed by atoms with van der Waals surface area (Å²) in [5.74, 6) is -2.10. The van der Waals surface area contributed by atoms with Gasteiger partial charge in [0.1, 0.15) is 23.8 Å². The van der Waals surface area contributed by atoms with E-state index in [-0.39, 0.29) is 24.2 Å². The van der Waals surface area contributed by atoms with Crippen molar-refractivity contribution in [3.05, 3.63) is 62.7 Å². The van der Waals surface area contributed by atoms with Crippen molar-refractivity contribution >= 4 is 13.7 Å². The van der Waals surface area contributed by atoms with Gasteiger partial charge in [0.15, 0.2) is 0 Å². The number of aromatic nitrogens is 2. The minimum atomic E-state index is -4.48. The van der Waals surface area contributed by atoms with E-state index in [1.165, 1.54) is 19.2 Å². The molecule has 0 radical (unpaired) electrons. The monoisotopic (exact) mass is 472 g/mol. The number of nitrogens with two attached hydrogens (primary N) is 2. The van der Waals surface area contributed by atoms with Crippen LogP contribution in [0.25, 0.3) is 0 Å². The van der Waals surface area contributed by atoms with Crippen molar-refractivity contribution in [3.63, 3.8) is 0 Å². The van der Waals surface area contributed by atoms with Crippen LogP contribution in [0.4, 0.5) is 4.39 Å². The first-order chi connectivity index (χ1) is 14.9. The molecule has 6 N–H and O–H groups in total. The van der Waals surface area contributed by atoms with Crippen molar-refractivity contribution in [1.29, 1.82) is 0 Å². The number of halogens is 1. The quantitative estimate of drug-likeness (QED) is 0.396. The maximum absolute atomic E-state index is 13.8. The van der Waals surface area contributed by atoms with E-state index in [1.807, 2.05) is 0 Å². The molecule has 1 saturated heterocycles. The summed E-state index contributed by atoms with van der Waals surface area (Å²) >= 11 is 0. The van der Waals surface area contributed by atoms with Crippen LogP contribution in [-0.2, 0) is 25.0 Å². The summed E-state index contributed by atoms with van der Waals surface area (Å²) in [6, 6.07) is 3.31. The molecule has 5 atom stereocenters. The van der Waals surface area contributed by atoms with Crippen molar-refractivity contribution in [1.82, 2.24) is 9.55 Å². The lowest BCUT2D eigenvalue weighted by Gasteiger charge is -2.20. The molecule has 0 aliphatic carbocycles. The van der Waals surface area contributed by atoms with E-state index < -0.39 is 55.3 Å². The summed E-state index contributed by atoms with van der Waals surface area (Å²) in [7, 11) is -4.48. The maximum atomic E-state index is 13.8. The molecule has 2 aromatic rings. The van der Waals surface area contributed by atoms with Crippen molar-refractivity contribution in [2.75, 3.05) is 0 Å². The fourth-order valence-electron chi connectivity index (χ4n) is 3.09. The Hall–Kier alpha value is -2.83. The van der Waals surface area contributed by atoms with E-state index in [0.29, 0.717) is 0 Å². The third-order valence-electron chi connectivity index (χ3n) is 4.63. The Bertz CT molecular complexity index is 1170. The van der Waals surface area contributed by atoms with E-state index in [2.05, 4.69) is 9.51 Å². The van der Waals surface area contributed by atoms with Gasteiger partial charge in [0.25, 0.3) is 5.56 Å². The smallest absolute Gasteiger partial charge is 0.404 e. The van der Waals surface area contributed by atoms with Crippen molar-refractivity contribution in [3.8, 4) is 5.75 Å². The summed E-state index contributed by atoms with van der Waals surface area (Å²) in [6.45, 7) is 1.29. The van der Waals surface area contributed by atoms with Crippen molar-refractivity contribution in [2.24, 2.45) is 11.2 Å². The highest BCUT2D eigenvalue weighted by atomic mass is 31.2. The highest BCUT2D eigenvalue weighted by molar-refractivity contribution is 7.52. The molecule has 1 aliphatic heterocycles. The topological polar surface area (TPSA) is 189 Å².